The molecule has 0 spiro atoms. The Labute approximate surface area is 188 Å². The minimum Gasteiger partial charge on any atom is -0.447 e. The van der Waals surface area contributed by atoms with E-state index in [0.29, 0.717) is 12.0 Å². The molecule has 0 radical (unpaired) electrons. The first-order chi connectivity index (χ1) is 14.6. The zero-order valence-electron chi connectivity index (χ0n) is 18.1. The van der Waals surface area contributed by atoms with E-state index >= 15 is 0 Å². The Morgan fingerprint density at radius 2 is 2.03 bits per heavy atom. The Hall–Kier alpha value is -2.13. The number of aromatic nitrogens is 4. The molecule has 0 aromatic carbocycles. The van der Waals surface area contributed by atoms with Crippen LogP contribution in [0.1, 0.15) is 70.2 Å². The molecular weight excluding hydrogens is 418 g/mol. The molecule has 2 aromatic heterocycles. The van der Waals surface area contributed by atoms with Gasteiger partial charge in [-0.05, 0) is 58.9 Å². The molecule has 0 unspecified atom stereocenters. The van der Waals surface area contributed by atoms with Crippen molar-refractivity contribution in [2.45, 2.75) is 82.5 Å². The first-order valence-electron chi connectivity index (χ1n) is 11.3. The smallest absolute Gasteiger partial charge is 0.407 e. The highest BCUT2D eigenvalue weighted by atomic mass is 35.5. The van der Waals surface area contributed by atoms with Crippen LogP contribution in [-0.2, 0) is 4.74 Å². The maximum atomic E-state index is 12.0. The second-order valence-corrected chi connectivity index (χ2v) is 9.13. The fourth-order valence-electron chi connectivity index (χ4n) is 4.55. The third-order valence-corrected chi connectivity index (χ3v) is 6.25. The first kappa shape index (κ1) is 22.1. The van der Waals surface area contributed by atoms with Gasteiger partial charge in [0, 0.05) is 30.6 Å². The third-order valence-electron chi connectivity index (χ3n) is 6.25. The molecule has 1 aliphatic heterocycles. The molecular formula is C21H32ClN7O2. The minimum absolute atomic E-state index is 0. The number of carbonyl (C=O) groups is 1. The summed E-state index contributed by atoms with van der Waals surface area (Å²) in [5, 5.41) is 10.00. The Morgan fingerprint density at radius 1 is 1.19 bits per heavy atom. The van der Waals surface area contributed by atoms with Gasteiger partial charge in [0.25, 0.3) is 0 Å². The van der Waals surface area contributed by atoms with E-state index in [1.165, 1.54) is 0 Å². The lowest BCUT2D eigenvalue weighted by Gasteiger charge is -2.17. The number of nitrogens with zero attached hydrogens (tertiary/aromatic N) is 4. The van der Waals surface area contributed by atoms with Crippen molar-refractivity contribution in [3.63, 3.8) is 0 Å². The summed E-state index contributed by atoms with van der Waals surface area (Å²) in [5.41, 5.74) is 1.76. The number of anilines is 1. The van der Waals surface area contributed by atoms with Crippen molar-refractivity contribution in [3.8, 4) is 0 Å². The summed E-state index contributed by atoms with van der Waals surface area (Å²) in [6, 6.07) is 0.764. The molecule has 1 amide bonds. The van der Waals surface area contributed by atoms with Crippen LogP contribution in [0.2, 0.25) is 0 Å². The fourth-order valence-corrected chi connectivity index (χ4v) is 4.55. The number of hydrogen-bond acceptors (Lipinski definition) is 7. The minimum atomic E-state index is -0.332. The molecule has 10 heteroatoms. The number of hydrogen-bond donors (Lipinski definition) is 3. The van der Waals surface area contributed by atoms with Crippen molar-refractivity contribution in [3.05, 3.63) is 12.2 Å². The molecule has 3 N–H and O–H groups in total. The van der Waals surface area contributed by atoms with E-state index in [0.717, 1.165) is 74.4 Å². The average molecular weight is 450 g/mol. The van der Waals surface area contributed by atoms with E-state index in [1.807, 2.05) is 20.2 Å². The van der Waals surface area contributed by atoms with Gasteiger partial charge in [-0.25, -0.2) is 19.7 Å². The van der Waals surface area contributed by atoms with E-state index in [9.17, 15) is 4.79 Å². The molecule has 1 saturated heterocycles. The second-order valence-electron chi connectivity index (χ2n) is 9.13. The van der Waals surface area contributed by atoms with Crippen LogP contribution < -0.4 is 16.0 Å². The highest BCUT2D eigenvalue weighted by molar-refractivity contribution is 5.85. The third kappa shape index (κ3) is 4.87. The van der Waals surface area contributed by atoms with E-state index in [-0.39, 0.29) is 36.7 Å². The van der Waals surface area contributed by atoms with Gasteiger partial charge in [0.1, 0.15) is 11.3 Å². The molecule has 3 aliphatic rings. The number of nitrogens with one attached hydrogen (secondary N) is 3. The standard InChI is InChI=1S/C21H31N7O2.ClH/c1-12(2)30-21(29)25-14-5-6-16(9-14)28-11-23-17-19(24-15-7-8-22-10-15)26-18(13-3-4-13)27-20(17)28;/h11-16,22H,3-10H2,1-2H3,(H,25,29)(H,24,26,27);1H/t14-,15-,16+;/m0./s1. The average Bonchev–Trinajstić information content (AvgIpc) is 3.06. The second kappa shape index (κ2) is 9.16. The Bertz CT molecular complexity index is 924. The number of halogens is 1. The summed E-state index contributed by atoms with van der Waals surface area (Å²) in [7, 11) is 0. The Morgan fingerprint density at radius 3 is 2.74 bits per heavy atom. The van der Waals surface area contributed by atoms with Gasteiger partial charge in [0.15, 0.2) is 11.5 Å². The molecule has 170 valence electrons. The quantitative estimate of drug-likeness (QED) is 0.622. The summed E-state index contributed by atoms with van der Waals surface area (Å²) >= 11 is 0. The number of alkyl carbamates (subject to hydrolysis) is 1. The van der Waals surface area contributed by atoms with Crippen LogP contribution in [0.3, 0.4) is 0 Å². The van der Waals surface area contributed by atoms with Crippen molar-refractivity contribution < 1.29 is 9.53 Å². The van der Waals surface area contributed by atoms with Crippen molar-refractivity contribution in [2.75, 3.05) is 18.4 Å². The monoisotopic (exact) mass is 449 g/mol. The van der Waals surface area contributed by atoms with Crippen LogP contribution in [0.5, 0.6) is 0 Å². The molecule has 5 rings (SSSR count). The fraction of sp³-hybridized carbons (Fsp3) is 0.714. The lowest BCUT2D eigenvalue weighted by Crippen LogP contribution is -2.34. The zero-order valence-corrected chi connectivity index (χ0v) is 19.0. The van der Waals surface area contributed by atoms with Crippen LogP contribution in [0, 0.1) is 0 Å². The van der Waals surface area contributed by atoms with Gasteiger partial charge in [-0.2, -0.15) is 0 Å². The summed E-state index contributed by atoms with van der Waals surface area (Å²) in [4.78, 5) is 26.4. The van der Waals surface area contributed by atoms with Gasteiger partial charge in [0.2, 0.25) is 0 Å². The van der Waals surface area contributed by atoms with Gasteiger partial charge in [-0.1, -0.05) is 0 Å². The van der Waals surface area contributed by atoms with Crippen LogP contribution >= 0.6 is 12.4 Å². The van der Waals surface area contributed by atoms with E-state index in [1.54, 1.807) is 0 Å². The van der Waals surface area contributed by atoms with Gasteiger partial charge in [-0.15, -0.1) is 12.4 Å². The summed E-state index contributed by atoms with van der Waals surface area (Å²) in [6.07, 6.45) is 7.64. The van der Waals surface area contributed by atoms with Crippen LogP contribution in [0.15, 0.2) is 6.33 Å². The van der Waals surface area contributed by atoms with Crippen LogP contribution in [0.4, 0.5) is 10.6 Å². The number of imidazole rings is 1. The van der Waals surface area contributed by atoms with Gasteiger partial charge < -0.3 is 25.3 Å². The maximum Gasteiger partial charge on any atom is 0.407 e. The number of amides is 1. The van der Waals surface area contributed by atoms with Crippen molar-refractivity contribution in [1.82, 2.24) is 30.2 Å². The predicted octanol–water partition coefficient (Wildman–Crippen LogP) is 3.13. The molecule has 2 aliphatic carbocycles. The lowest BCUT2D eigenvalue weighted by atomic mass is 10.2. The highest BCUT2D eigenvalue weighted by Gasteiger charge is 2.32. The maximum absolute atomic E-state index is 12.0. The largest absolute Gasteiger partial charge is 0.447 e. The van der Waals surface area contributed by atoms with E-state index < -0.39 is 0 Å². The summed E-state index contributed by atoms with van der Waals surface area (Å²) < 4.78 is 7.42. The Kier molecular flexibility index (Phi) is 6.52. The SMILES string of the molecule is CC(C)OC(=O)N[C@H]1CC[C@@H](n2cnc3c(N[C@H]4CCNC4)nc(C4CC4)nc32)C1.Cl. The van der Waals surface area contributed by atoms with Crippen molar-refractivity contribution in [1.29, 1.82) is 0 Å². The molecule has 9 nitrogen and oxygen atoms in total. The summed E-state index contributed by atoms with van der Waals surface area (Å²) in [5.74, 6) is 2.28. The lowest BCUT2D eigenvalue weighted by molar-refractivity contribution is 0.112. The topological polar surface area (TPSA) is 106 Å². The Balaban J connectivity index is 0.00000231. The normalized spacial score (nSPS) is 25.6. The van der Waals surface area contributed by atoms with E-state index in [4.69, 9.17) is 19.7 Å². The number of fused-ring (bicyclic) bond motifs is 1. The van der Waals surface area contributed by atoms with Crippen LogP contribution in [-0.4, -0.2) is 56.9 Å². The molecule has 2 saturated carbocycles. The molecule has 3 heterocycles. The van der Waals surface area contributed by atoms with Gasteiger partial charge in [0.05, 0.1) is 12.4 Å². The van der Waals surface area contributed by atoms with Gasteiger partial charge >= 0.3 is 6.09 Å². The number of carbonyl (C=O) groups excluding carboxylic acids is 1. The van der Waals surface area contributed by atoms with Crippen LogP contribution in [0.25, 0.3) is 11.2 Å². The first-order valence-corrected chi connectivity index (χ1v) is 11.3. The van der Waals surface area contributed by atoms with E-state index in [2.05, 4.69) is 20.5 Å². The predicted molar refractivity (Wildman–Crippen MR) is 121 cm³/mol. The van der Waals surface area contributed by atoms with Crippen molar-refractivity contribution >= 4 is 35.5 Å². The zero-order chi connectivity index (χ0) is 20.7. The number of ether oxygens (including phenoxy) is 1. The molecule has 3 atom stereocenters. The molecule has 2 aromatic rings. The molecule has 0 bridgehead atoms. The highest BCUT2D eigenvalue weighted by Crippen LogP contribution is 2.40. The summed E-state index contributed by atoms with van der Waals surface area (Å²) in [6.45, 7) is 5.71. The van der Waals surface area contributed by atoms with Crippen molar-refractivity contribution in [2.24, 2.45) is 0 Å². The van der Waals surface area contributed by atoms with Gasteiger partial charge in [-0.3, -0.25) is 0 Å². The molecule has 3 fully saturated rings. The number of rotatable bonds is 6. The molecule has 31 heavy (non-hydrogen) atoms.